The highest BCUT2D eigenvalue weighted by molar-refractivity contribution is 7.99. The lowest BCUT2D eigenvalue weighted by atomic mass is 10.3. The van der Waals surface area contributed by atoms with Gasteiger partial charge in [0.1, 0.15) is 12.4 Å². The summed E-state index contributed by atoms with van der Waals surface area (Å²) in [6, 6.07) is 15.5. The molecule has 1 aromatic heterocycles. The number of halogens is 2. The van der Waals surface area contributed by atoms with E-state index in [1.807, 2.05) is 30.3 Å². The van der Waals surface area contributed by atoms with Crippen molar-refractivity contribution in [3.8, 4) is 5.75 Å². The molecule has 3 rings (SSSR count). The number of H-pyrrole nitrogens is 1. The van der Waals surface area contributed by atoms with E-state index in [-0.39, 0.29) is 23.8 Å². The lowest BCUT2D eigenvalue weighted by molar-refractivity contribution is -0.113. The highest BCUT2D eigenvalue weighted by Gasteiger charge is 2.11. The number of ether oxygens (including phenoxy) is 1. The van der Waals surface area contributed by atoms with Gasteiger partial charge in [0.15, 0.2) is 5.16 Å². The van der Waals surface area contributed by atoms with Crippen molar-refractivity contribution in [2.45, 2.75) is 11.8 Å². The van der Waals surface area contributed by atoms with Crippen molar-refractivity contribution < 1.29 is 9.53 Å². The van der Waals surface area contributed by atoms with Gasteiger partial charge >= 0.3 is 0 Å². The summed E-state index contributed by atoms with van der Waals surface area (Å²) in [5.41, 5.74) is 0.492. The van der Waals surface area contributed by atoms with E-state index in [4.69, 9.17) is 27.9 Å². The molecule has 3 aromatic rings. The van der Waals surface area contributed by atoms with Gasteiger partial charge in [-0.15, -0.1) is 0 Å². The standard InChI is InChI=1S/C19H15Cl2N3O3S/c20-14-7-4-8-15(21)18(14)23-17(26)11-28-19-22-12(9-16(25)24-19)10-27-13-5-2-1-3-6-13/h1-9H,10-11H2,(H,23,26)(H,22,24,25). The van der Waals surface area contributed by atoms with Crippen LogP contribution >= 0.6 is 35.0 Å². The zero-order valence-electron chi connectivity index (χ0n) is 14.4. The quantitative estimate of drug-likeness (QED) is 0.424. The second-order valence-electron chi connectivity index (χ2n) is 5.58. The minimum atomic E-state index is -0.325. The highest BCUT2D eigenvalue weighted by Crippen LogP contribution is 2.30. The molecule has 6 nitrogen and oxygen atoms in total. The molecule has 0 bridgehead atoms. The number of carbonyl (C=O) groups excluding carboxylic acids is 1. The summed E-state index contributed by atoms with van der Waals surface area (Å²) >= 11 is 13.2. The molecule has 0 aliphatic heterocycles. The van der Waals surface area contributed by atoms with Gasteiger partial charge in [0.25, 0.3) is 5.56 Å². The van der Waals surface area contributed by atoms with Crippen LogP contribution < -0.4 is 15.6 Å². The molecule has 2 N–H and O–H groups in total. The largest absolute Gasteiger partial charge is 0.487 e. The highest BCUT2D eigenvalue weighted by atomic mass is 35.5. The van der Waals surface area contributed by atoms with Crippen LogP contribution in [0.3, 0.4) is 0 Å². The van der Waals surface area contributed by atoms with Crippen molar-refractivity contribution in [2.75, 3.05) is 11.1 Å². The SMILES string of the molecule is O=C(CSc1nc(COc2ccccc2)cc(=O)[nH]1)Nc1c(Cl)cccc1Cl. The predicted molar refractivity (Wildman–Crippen MR) is 111 cm³/mol. The molecule has 0 fully saturated rings. The molecule has 2 aromatic carbocycles. The Labute approximate surface area is 175 Å². The zero-order valence-corrected chi connectivity index (χ0v) is 16.8. The van der Waals surface area contributed by atoms with Crippen LogP contribution in [0.1, 0.15) is 5.69 Å². The van der Waals surface area contributed by atoms with E-state index in [9.17, 15) is 9.59 Å². The van der Waals surface area contributed by atoms with Crippen LogP contribution in [-0.4, -0.2) is 21.6 Å². The number of para-hydroxylation sites is 2. The van der Waals surface area contributed by atoms with Crippen molar-refractivity contribution in [1.82, 2.24) is 9.97 Å². The number of hydrogen-bond donors (Lipinski definition) is 2. The molecule has 0 aliphatic rings. The van der Waals surface area contributed by atoms with E-state index < -0.39 is 0 Å². The molecule has 0 spiro atoms. The second-order valence-corrected chi connectivity index (χ2v) is 7.36. The first-order valence-electron chi connectivity index (χ1n) is 8.16. The van der Waals surface area contributed by atoms with Gasteiger partial charge in [-0.05, 0) is 24.3 Å². The Kier molecular flexibility index (Phi) is 6.97. The molecule has 1 amide bonds. The van der Waals surface area contributed by atoms with Crippen molar-refractivity contribution >= 4 is 46.6 Å². The molecule has 0 unspecified atom stereocenters. The van der Waals surface area contributed by atoms with Crippen LogP contribution in [0.15, 0.2) is 64.5 Å². The molecule has 0 aliphatic carbocycles. The Morgan fingerprint density at radius 2 is 1.82 bits per heavy atom. The molecule has 9 heteroatoms. The number of nitrogens with zero attached hydrogens (tertiary/aromatic N) is 1. The lowest BCUT2D eigenvalue weighted by Gasteiger charge is -2.09. The van der Waals surface area contributed by atoms with E-state index in [2.05, 4.69) is 15.3 Å². The molecule has 0 saturated heterocycles. The fourth-order valence-corrected chi connectivity index (χ4v) is 3.41. The third-order valence-electron chi connectivity index (χ3n) is 3.47. The van der Waals surface area contributed by atoms with Crippen molar-refractivity contribution in [2.24, 2.45) is 0 Å². The Hall–Kier alpha value is -2.48. The van der Waals surface area contributed by atoms with E-state index >= 15 is 0 Å². The number of aromatic nitrogens is 2. The topological polar surface area (TPSA) is 84.1 Å². The third-order valence-corrected chi connectivity index (χ3v) is 4.97. The number of rotatable bonds is 7. The summed E-state index contributed by atoms with van der Waals surface area (Å²) in [5.74, 6) is 0.372. The van der Waals surface area contributed by atoms with E-state index in [0.29, 0.717) is 32.3 Å². The van der Waals surface area contributed by atoms with Crippen LogP contribution in [0.2, 0.25) is 10.0 Å². The zero-order chi connectivity index (χ0) is 19.9. The van der Waals surface area contributed by atoms with Crippen molar-refractivity contribution in [1.29, 1.82) is 0 Å². The molecule has 0 radical (unpaired) electrons. The Bertz CT molecular complexity index is 1010. The maximum absolute atomic E-state index is 12.2. The molecule has 28 heavy (non-hydrogen) atoms. The smallest absolute Gasteiger partial charge is 0.251 e. The van der Waals surface area contributed by atoms with E-state index in [0.717, 1.165) is 11.8 Å². The number of thioether (sulfide) groups is 1. The monoisotopic (exact) mass is 435 g/mol. The van der Waals surface area contributed by atoms with Gasteiger partial charge in [0.2, 0.25) is 5.91 Å². The summed E-state index contributed by atoms with van der Waals surface area (Å²) < 4.78 is 5.60. The number of benzene rings is 2. The minimum Gasteiger partial charge on any atom is -0.487 e. The first-order valence-corrected chi connectivity index (χ1v) is 9.90. The maximum atomic E-state index is 12.2. The number of hydrogen-bond acceptors (Lipinski definition) is 5. The second kappa shape index (κ2) is 9.64. The normalized spacial score (nSPS) is 10.5. The average Bonchev–Trinajstić information content (AvgIpc) is 2.68. The third kappa shape index (κ3) is 5.76. The van der Waals surface area contributed by atoms with Gasteiger partial charge in [0.05, 0.1) is 27.2 Å². The van der Waals surface area contributed by atoms with E-state index in [1.54, 1.807) is 18.2 Å². The lowest BCUT2D eigenvalue weighted by Crippen LogP contribution is -2.16. The fraction of sp³-hybridized carbons (Fsp3) is 0.105. The molecule has 0 atom stereocenters. The summed E-state index contributed by atoms with van der Waals surface area (Å²) in [5, 5.41) is 3.67. The van der Waals surface area contributed by atoms with Crippen LogP contribution in [0, 0.1) is 0 Å². The van der Waals surface area contributed by atoms with Gasteiger partial charge in [-0.25, -0.2) is 4.98 Å². The number of nitrogens with one attached hydrogen (secondary N) is 2. The van der Waals surface area contributed by atoms with Gasteiger partial charge in [-0.2, -0.15) is 0 Å². The molecule has 144 valence electrons. The fourth-order valence-electron chi connectivity index (χ4n) is 2.23. The summed E-state index contributed by atoms with van der Waals surface area (Å²) in [7, 11) is 0. The number of aromatic amines is 1. The molecular weight excluding hydrogens is 421 g/mol. The first-order chi connectivity index (χ1) is 13.5. The van der Waals surface area contributed by atoms with Crippen LogP contribution in [0.25, 0.3) is 0 Å². The summed E-state index contributed by atoms with van der Waals surface area (Å²) in [6.07, 6.45) is 0. The van der Waals surface area contributed by atoms with Gasteiger partial charge in [-0.3, -0.25) is 9.59 Å². The van der Waals surface area contributed by atoms with Gasteiger partial charge < -0.3 is 15.0 Å². The van der Waals surface area contributed by atoms with E-state index in [1.165, 1.54) is 6.07 Å². The average molecular weight is 436 g/mol. The first kappa shape index (κ1) is 20.3. The van der Waals surface area contributed by atoms with Crippen LogP contribution in [-0.2, 0) is 11.4 Å². The summed E-state index contributed by atoms with van der Waals surface area (Å²) in [4.78, 5) is 30.9. The Balaban J connectivity index is 1.60. The Morgan fingerprint density at radius 3 is 2.54 bits per heavy atom. The van der Waals surface area contributed by atoms with Crippen molar-refractivity contribution in [3.63, 3.8) is 0 Å². The van der Waals surface area contributed by atoms with Crippen molar-refractivity contribution in [3.05, 3.63) is 80.7 Å². The van der Waals surface area contributed by atoms with Crippen LogP contribution in [0.5, 0.6) is 5.75 Å². The number of anilines is 1. The van der Waals surface area contributed by atoms with Crippen LogP contribution in [0.4, 0.5) is 5.69 Å². The van der Waals surface area contributed by atoms with Gasteiger partial charge in [0, 0.05) is 6.07 Å². The molecule has 0 saturated carbocycles. The predicted octanol–water partition coefficient (Wildman–Crippen LogP) is 4.39. The molecular formula is C19H15Cl2N3O3S. The number of carbonyl (C=O) groups is 1. The number of amides is 1. The van der Waals surface area contributed by atoms with Gasteiger partial charge in [-0.1, -0.05) is 59.2 Å². The molecule has 1 heterocycles. The Morgan fingerprint density at radius 1 is 1.11 bits per heavy atom. The summed E-state index contributed by atoms with van der Waals surface area (Å²) in [6.45, 7) is 0.142. The maximum Gasteiger partial charge on any atom is 0.251 e. The minimum absolute atomic E-state index is 0.0213.